The highest BCUT2D eigenvalue weighted by Gasteiger charge is 2.10. The van der Waals surface area contributed by atoms with E-state index in [0.717, 1.165) is 31.3 Å². The summed E-state index contributed by atoms with van der Waals surface area (Å²) in [4.78, 5) is 16.3. The van der Waals surface area contributed by atoms with Crippen LogP contribution in [-0.2, 0) is 4.79 Å². The van der Waals surface area contributed by atoms with Crippen LogP contribution in [0.25, 0.3) is 21.2 Å². The Balaban J connectivity index is 2.02. The third-order valence-electron chi connectivity index (χ3n) is 3.19. The molecule has 0 aliphatic carbocycles. The standard InChI is InChI=1S/C18H15NO2S2/c1-12-5-4-6-13(9-12)10-16(22-11-17(20)21)18-19-14-7-2-3-8-15(14)23-18/h2-10H,11H2,1H3,(H,20,21)/p-1/b16-10-. The van der Waals surface area contributed by atoms with Crippen LogP contribution in [0.4, 0.5) is 0 Å². The number of rotatable bonds is 5. The van der Waals surface area contributed by atoms with Crippen molar-refractivity contribution >= 4 is 50.3 Å². The average molecular weight is 340 g/mol. The molecule has 0 aliphatic rings. The Bertz CT molecular complexity index is 850. The number of carboxylic acids is 1. The molecule has 0 atom stereocenters. The fourth-order valence-corrected chi connectivity index (χ4v) is 4.03. The number of hydrogen-bond acceptors (Lipinski definition) is 5. The van der Waals surface area contributed by atoms with Crippen molar-refractivity contribution in [3.63, 3.8) is 0 Å². The molecule has 0 fully saturated rings. The Labute approximate surface area is 142 Å². The molecule has 0 N–H and O–H groups in total. The van der Waals surface area contributed by atoms with Crippen molar-refractivity contribution < 1.29 is 9.90 Å². The summed E-state index contributed by atoms with van der Waals surface area (Å²) in [6, 6.07) is 16.0. The molecule has 3 aromatic rings. The normalized spacial score (nSPS) is 11.8. The van der Waals surface area contributed by atoms with Crippen LogP contribution in [0.3, 0.4) is 0 Å². The summed E-state index contributed by atoms with van der Waals surface area (Å²) in [7, 11) is 0. The molecule has 23 heavy (non-hydrogen) atoms. The van der Waals surface area contributed by atoms with Crippen molar-refractivity contribution in [3.8, 4) is 0 Å². The van der Waals surface area contributed by atoms with Crippen LogP contribution in [0.5, 0.6) is 0 Å². The predicted octanol–water partition coefficient (Wildman–Crippen LogP) is 3.59. The van der Waals surface area contributed by atoms with Gasteiger partial charge in [-0.05, 0) is 30.7 Å². The molecule has 1 aromatic heterocycles. The maximum Gasteiger partial charge on any atom is 0.131 e. The van der Waals surface area contributed by atoms with Crippen molar-refractivity contribution in [3.05, 3.63) is 64.7 Å². The van der Waals surface area contributed by atoms with Gasteiger partial charge in [-0.3, -0.25) is 0 Å². The van der Waals surface area contributed by atoms with Crippen molar-refractivity contribution in [2.45, 2.75) is 6.92 Å². The van der Waals surface area contributed by atoms with Gasteiger partial charge in [-0.25, -0.2) is 4.98 Å². The number of thioether (sulfide) groups is 1. The second-order valence-corrected chi connectivity index (χ2v) is 7.12. The zero-order valence-corrected chi connectivity index (χ0v) is 14.1. The number of carbonyl (C=O) groups is 1. The van der Waals surface area contributed by atoms with Gasteiger partial charge in [0.2, 0.25) is 0 Å². The molecular weight excluding hydrogens is 326 g/mol. The van der Waals surface area contributed by atoms with E-state index in [4.69, 9.17) is 0 Å². The lowest BCUT2D eigenvalue weighted by Gasteiger charge is -2.06. The van der Waals surface area contributed by atoms with Gasteiger partial charge in [0.05, 0.1) is 16.2 Å². The smallest absolute Gasteiger partial charge is 0.131 e. The van der Waals surface area contributed by atoms with Crippen LogP contribution in [0.15, 0.2) is 48.5 Å². The molecule has 0 saturated heterocycles. The van der Waals surface area contributed by atoms with E-state index in [0.29, 0.717) is 0 Å². The number of hydrogen-bond donors (Lipinski definition) is 0. The van der Waals surface area contributed by atoms with Crippen LogP contribution >= 0.6 is 23.1 Å². The number of para-hydroxylation sites is 1. The van der Waals surface area contributed by atoms with Gasteiger partial charge in [0.25, 0.3) is 0 Å². The number of nitrogens with zero attached hydrogens (tertiary/aromatic N) is 1. The highest BCUT2D eigenvalue weighted by atomic mass is 32.2. The summed E-state index contributed by atoms with van der Waals surface area (Å²) in [5.74, 6) is -1.17. The van der Waals surface area contributed by atoms with E-state index in [9.17, 15) is 9.90 Å². The lowest BCUT2D eigenvalue weighted by atomic mass is 10.1. The molecule has 2 aromatic carbocycles. The molecule has 116 valence electrons. The Hall–Kier alpha value is -2.11. The number of benzene rings is 2. The van der Waals surface area contributed by atoms with Gasteiger partial charge in [0.15, 0.2) is 0 Å². The Kier molecular flexibility index (Phi) is 4.79. The molecular formula is C18H14NO2S2-. The van der Waals surface area contributed by atoms with Crippen molar-refractivity contribution in [1.82, 2.24) is 4.98 Å². The van der Waals surface area contributed by atoms with E-state index in [1.807, 2.05) is 55.5 Å². The molecule has 0 saturated carbocycles. The van der Waals surface area contributed by atoms with Crippen LogP contribution in [0.2, 0.25) is 0 Å². The van der Waals surface area contributed by atoms with E-state index in [-0.39, 0.29) is 5.75 Å². The van der Waals surface area contributed by atoms with Crippen LogP contribution in [0.1, 0.15) is 16.1 Å². The topological polar surface area (TPSA) is 53.0 Å². The summed E-state index contributed by atoms with van der Waals surface area (Å²) in [6.45, 7) is 2.03. The quantitative estimate of drug-likeness (QED) is 0.712. The fraction of sp³-hybridized carbons (Fsp3) is 0.111. The van der Waals surface area contributed by atoms with Gasteiger partial charge in [0.1, 0.15) is 5.01 Å². The number of thiazole rings is 1. The monoisotopic (exact) mass is 340 g/mol. The van der Waals surface area contributed by atoms with Gasteiger partial charge >= 0.3 is 0 Å². The van der Waals surface area contributed by atoms with Crippen LogP contribution < -0.4 is 5.11 Å². The number of fused-ring (bicyclic) bond motifs is 1. The molecule has 0 bridgehead atoms. The van der Waals surface area contributed by atoms with Crippen molar-refractivity contribution in [2.75, 3.05) is 5.75 Å². The summed E-state index contributed by atoms with van der Waals surface area (Å²) in [6.07, 6.45) is 1.98. The summed E-state index contributed by atoms with van der Waals surface area (Å²) >= 11 is 2.81. The molecule has 5 heteroatoms. The van der Waals surface area contributed by atoms with Gasteiger partial charge in [0, 0.05) is 10.7 Å². The molecule has 1 heterocycles. The highest BCUT2D eigenvalue weighted by Crippen LogP contribution is 2.35. The second kappa shape index (κ2) is 6.98. The molecule has 0 spiro atoms. The van der Waals surface area contributed by atoms with Crippen molar-refractivity contribution in [2.24, 2.45) is 0 Å². The minimum atomic E-state index is -1.08. The number of aliphatic carboxylic acids is 1. The maximum atomic E-state index is 10.8. The Morgan fingerprint density at radius 2 is 2.09 bits per heavy atom. The zero-order valence-electron chi connectivity index (χ0n) is 12.5. The molecule has 0 radical (unpaired) electrons. The summed E-state index contributed by atoms with van der Waals surface area (Å²) < 4.78 is 1.09. The molecule has 3 rings (SSSR count). The molecule has 0 unspecified atom stereocenters. The predicted molar refractivity (Wildman–Crippen MR) is 96.1 cm³/mol. The summed E-state index contributed by atoms with van der Waals surface area (Å²) in [5, 5.41) is 11.7. The van der Waals surface area contributed by atoms with Gasteiger partial charge in [-0.2, -0.15) is 0 Å². The zero-order chi connectivity index (χ0) is 16.2. The number of carboxylic acid groups (broad SMARTS) is 1. The van der Waals surface area contributed by atoms with E-state index < -0.39 is 5.97 Å². The average Bonchev–Trinajstić information content (AvgIpc) is 2.95. The van der Waals surface area contributed by atoms with Crippen LogP contribution in [0, 0.1) is 6.92 Å². The fourth-order valence-electron chi connectivity index (χ4n) is 2.19. The third-order valence-corrected chi connectivity index (χ3v) is 5.39. The lowest BCUT2D eigenvalue weighted by Crippen LogP contribution is -2.24. The second-order valence-electron chi connectivity index (χ2n) is 5.07. The molecule has 0 amide bonds. The minimum Gasteiger partial charge on any atom is -0.549 e. The number of carbonyl (C=O) groups excluding carboxylic acids is 1. The van der Waals surface area contributed by atoms with E-state index in [1.54, 1.807) is 11.3 Å². The lowest BCUT2D eigenvalue weighted by molar-refractivity contribution is -0.301. The van der Waals surface area contributed by atoms with Crippen molar-refractivity contribution in [1.29, 1.82) is 0 Å². The summed E-state index contributed by atoms with van der Waals surface area (Å²) in [5.41, 5.74) is 3.12. The Morgan fingerprint density at radius 1 is 1.26 bits per heavy atom. The van der Waals surface area contributed by atoms with E-state index in [1.165, 1.54) is 11.8 Å². The number of aromatic nitrogens is 1. The highest BCUT2D eigenvalue weighted by molar-refractivity contribution is 8.09. The largest absolute Gasteiger partial charge is 0.549 e. The first-order valence-electron chi connectivity index (χ1n) is 7.09. The SMILES string of the molecule is Cc1cccc(/C=C(\SCC(=O)[O-])c2nc3ccccc3s2)c1. The first-order valence-corrected chi connectivity index (χ1v) is 8.89. The minimum absolute atomic E-state index is 0.0897. The van der Waals surface area contributed by atoms with Gasteiger partial charge in [-0.15, -0.1) is 23.1 Å². The van der Waals surface area contributed by atoms with E-state index in [2.05, 4.69) is 11.1 Å². The third kappa shape index (κ3) is 4.00. The number of aryl methyl sites for hydroxylation is 1. The van der Waals surface area contributed by atoms with Crippen LogP contribution in [-0.4, -0.2) is 16.7 Å². The maximum absolute atomic E-state index is 10.8. The van der Waals surface area contributed by atoms with Gasteiger partial charge in [-0.1, -0.05) is 42.0 Å². The van der Waals surface area contributed by atoms with Gasteiger partial charge < -0.3 is 9.90 Å². The first kappa shape index (κ1) is 15.8. The first-order chi connectivity index (χ1) is 11.1. The Morgan fingerprint density at radius 3 is 2.83 bits per heavy atom. The molecule has 0 aliphatic heterocycles. The van der Waals surface area contributed by atoms with E-state index >= 15 is 0 Å². The molecule has 3 nitrogen and oxygen atoms in total.